The highest BCUT2D eigenvalue weighted by Crippen LogP contribution is 2.53. The highest BCUT2D eigenvalue weighted by molar-refractivity contribution is 9.10. The normalized spacial score (nSPS) is 18.8. The summed E-state index contributed by atoms with van der Waals surface area (Å²) in [5.74, 6) is 0.513. The van der Waals surface area contributed by atoms with E-state index in [1.54, 1.807) is 4.90 Å². The van der Waals surface area contributed by atoms with Crippen LogP contribution in [-0.4, -0.2) is 50.2 Å². The first-order valence-electron chi connectivity index (χ1n) is 20.3. The van der Waals surface area contributed by atoms with E-state index in [4.69, 9.17) is 18.6 Å². The molecule has 2 atom stereocenters. The van der Waals surface area contributed by atoms with Gasteiger partial charge in [0.05, 0.1) is 31.5 Å². The molecule has 1 unspecified atom stereocenters. The SMILES string of the molecule is CC1(C)OC[C@H](Cc2ccc(OCc3ccccc3)c(C3(CO[Si](C)(C)C(C)(C)C)C(=O)N(Cc4ccccc4)c4c(Br)cccc43)c2)N1C(=O)OCc1ccccc1. The Morgan fingerprint density at radius 2 is 1.41 bits per heavy atom. The quantitative estimate of drug-likeness (QED) is 0.110. The molecule has 0 bridgehead atoms. The smallest absolute Gasteiger partial charge is 0.412 e. The number of nitrogens with zero attached hydrogens (tertiary/aromatic N) is 2. The molecular formula is C49H55BrN2O6Si. The maximum absolute atomic E-state index is 15.8. The van der Waals surface area contributed by atoms with Gasteiger partial charge in [-0.25, -0.2) is 4.79 Å². The van der Waals surface area contributed by atoms with Gasteiger partial charge in [0.2, 0.25) is 5.91 Å². The van der Waals surface area contributed by atoms with Crippen LogP contribution < -0.4 is 9.64 Å². The summed E-state index contributed by atoms with van der Waals surface area (Å²) in [4.78, 5) is 33.2. The Morgan fingerprint density at radius 1 is 0.797 bits per heavy atom. The number of para-hydroxylation sites is 1. The summed E-state index contributed by atoms with van der Waals surface area (Å²) < 4.78 is 26.9. The van der Waals surface area contributed by atoms with Crippen molar-refractivity contribution in [3.05, 3.63) is 165 Å². The van der Waals surface area contributed by atoms with Gasteiger partial charge in [0, 0.05) is 10.0 Å². The molecule has 308 valence electrons. The number of fused-ring (bicyclic) bond motifs is 1. The molecule has 59 heavy (non-hydrogen) atoms. The Bertz CT molecular complexity index is 2260. The highest BCUT2D eigenvalue weighted by Gasteiger charge is 2.56. The lowest BCUT2D eigenvalue weighted by molar-refractivity contribution is -0.123. The van der Waals surface area contributed by atoms with Crippen molar-refractivity contribution in [3.63, 3.8) is 0 Å². The van der Waals surface area contributed by atoms with E-state index in [1.165, 1.54) is 0 Å². The maximum Gasteiger partial charge on any atom is 0.412 e. The summed E-state index contributed by atoms with van der Waals surface area (Å²) >= 11 is 3.87. The van der Waals surface area contributed by atoms with Crippen LogP contribution >= 0.6 is 15.9 Å². The van der Waals surface area contributed by atoms with Crippen molar-refractivity contribution in [2.75, 3.05) is 18.1 Å². The first-order valence-corrected chi connectivity index (χ1v) is 24.0. The average Bonchev–Trinajstić information content (AvgIpc) is 3.65. The van der Waals surface area contributed by atoms with Crippen LogP contribution in [0.1, 0.15) is 68.0 Å². The average molecular weight is 876 g/mol. The number of carbonyl (C=O) groups is 2. The van der Waals surface area contributed by atoms with Crippen LogP contribution in [0.3, 0.4) is 0 Å². The Hall–Kier alpha value is -4.74. The zero-order chi connectivity index (χ0) is 42.0. The van der Waals surface area contributed by atoms with E-state index in [0.717, 1.165) is 43.5 Å². The van der Waals surface area contributed by atoms with Gasteiger partial charge in [0.15, 0.2) is 8.32 Å². The summed E-state index contributed by atoms with van der Waals surface area (Å²) in [5.41, 5.74) is 4.09. The monoisotopic (exact) mass is 874 g/mol. The minimum absolute atomic E-state index is 0.0832. The second-order valence-electron chi connectivity index (χ2n) is 17.6. The second-order valence-corrected chi connectivity index (χ2v) is 23.3. The number of rotatable bonds is 13. The Labute approximate surface area is 358 Å². The Balaban J connectivity index is 1.34. The first-order chi connectivity index (χ1) is 28.1. The predicted octanol–water partition coefficient (Wildman–Crippen LogP) is 11.2. The molecule has 8 nitrogen and oxygen atoms in total. The third kappa shape index (κ3) is 8.78. The predicted molar refractivity (Wildman–Crippen MR) is 239 cm³/mol. The highest BCUT2D eigenvalue weighted by atomic mass is 79.9. The summed E-state index contributed by atoms with van der Waals surface area (Å²) in [6.07, 6.45) is 0.0207. The van der Waals surface area contributed by atoms with Gasteiger partial charge in [-0.05, 0) is 94.3 Å². The van der Waals surface area contributed by atoms with Gasteiger partial charge in [0.25, 0.3) is 0 Å². The molecule has 10 heteroatoms. The Kier molecular flexibility index (Phi) is 12.3. The molecule has 2 amide bonds. The van der Waals surface area contributed by atoms with E-state index < -0.39 is 25.6 Å². The molecule has 2 aliphatic heterocycles. The van der Waals surface area contributed by atoms with Crippen LogP contribution in [0.2, 0.25) is 18.1 Å². The summed E-state index contributed by atoms with van der Waals surface area (Å²) in [7, 11) is -2.41. The van der Waals surface area contributed by atoms with Crippen molar-refractivity contribution in [2.45, 2.75) is 96.1 Å². The molecule has 7 rings (SSSR count). The van der Waals surface area contributed by atoms with Gasteiger partial charge >= 0.3 is 6.09 Å². The molecule has 0 radical (unpaired) electrons. The zero-order valence-corrected chi connectivity index (χ0v) is 37.8. The van der Waals surface area contributed by atoms with Crippen LogP contribution in [-0.2, 0) is 50.3 Å². The van der Waals surface area contributed by atoms with Gasteiger partial charge < -0.3 is 23.5 Å². The van der Waals surface area contributed by atoms with Crippen LogP contribution in [0, 0.1) is 0 Å². The fraction of sp³-hybridized carbons (Fsp3) is 0.347. The Morgan fingerprint density at radius 3 is 2.03 bits per heavy atom. The molecule has 5 aromatic carbocycles. The molecule has 0 saturated carbocycles. The summed E-state index contributed by atoms with van der Waals surface area (Å²) in [6.45, 7) is 16.2. The topological polar surface area (TPSA) is 77.5 Å². The van der Waals surface area contributed by atoms with Crippen molar-refractivity contribution < 1.29 is 28.2 Å². The van der Waals surface area contributed by atoms with Crippen LogP contribution in [0.4, 0.5) is 10.5 Å². The van der Waals surface area contributed by atoms with Crippen molar-refractivity contribution in [3.8, 4) is 5.75 Å². The van der Waals surface area contributed by atoms with Crippen molar-refractivity contribution in [1.29, 1.82) is 0 Å². The molecule has 2 heterocycles. The fourth-order valence-electron chi connectivity index (χ4n) is 7.84. The summed E-state index contributed by atoms with van der Waals surface area (Å²) in [5, 5.41) is -0.109. The molecule has 0 N–H and O–H groups in total. The van der Waals surface area contributed by atoms with Gasteiger partial charge in [-0.15, -0.1) is 0 Å². The summed E-state index contributed by atoms with van der Waals surface area (Å²) in [6, 6.07) is 41.6. The van der Waals surface area contributed by atoms with Crippen LogP contribution in [0.15, 0.2) is 132 Å². The van der Waals surface area contributed by atoms with Crippen LogP contribution in [0.5, 0.6) is 5.75 Å². The lowest BCUT2D eigenvalue weighted by Crippen LogP contribution is -2.50. The lowest BCUT2D eigenvalue weighted by atomic mass is 9.74. The molecule has 1 fully saturated rings. The van der Waals surface area contributed by atoms with Crippen molar-refractivity contribution >= 4 is 41.9 Å². The minimum Gasteiger partial charge on any atom is -0.489 e. The van der Waals surface area contributed by atoms with Crippen molar-refractivity contribution in [2.24, 2.45) is 0 Å². The minimum atomic E-state index is -2.41. The van der Waals surface area contributed by atoms with Gasteiger partial charge in [0.1, 0.15) is 30.1 Å². The third-order valence-corrected chi connectivity index (χ3v) is 17.3. The van der Waals surface area contributed by atoms with E-state index >= 15 is 4.79 Å². The van der Waals surface area contributed by atoms with Gasteiger partial charge in [-0.2, -0.15) is 0 Å². The number of hydrogen-bond acceptors (Lipinski definition) is 6. The van der Waals surface area contributed by atoms with E-state index in [0.29, 0.717) is 31.9 Å². The van der Waals surface area contributed by atoms with E-state index in [1.807, 2.05) is 134 Å². The molecule has 0 aliphatic carbocycles. The largest absolute Gasteiger partial charge is 0.489 e. The number of amides is 2. The van der Waals surface area contributed by atoms with E-state index in [9.17, 15) is 4.79 Å². The number of hydrogen-bond donors (Lipinski definition) is 0. The molecule has 1 saturated heterocycles. The molecule has 0 spiro atoms. The number of halogens is 1. The third-order valence-electron chi connectivity index (χ3n) is 12.2. The standard InChI is InChI=1S/C49H55BrN2O6Si/c1-47(2,3)59(6,7)58-34-49(40-24-17-25-42(50)44(40)51(45(49)53)30-35-18-11-8-12-19-35)41-29-38(26-27-43(41)55-31-36-20-13-9-14-21-36)28-39-33-57-48(4,5)52(39)46(54)56-32-37-22-15-10-16-23-37/h8-27,29,39H,28,30-34H2,1-7H3/t39-,49?/m0/s1. The number of carbonyl (C=O) groups excluding carboxylic acids is 2. The molecule has 5 aromatic rings. The van der Waals surface area contributed by atoms with Gasteiger partial charge in [-0.1, -0.05) is 136 Å². The molecule has 0 aromatic heterocycles. The van der Waals surface area contributed by atoms with Crippen LogP contribution in [0.25, 0.3) is 0 Å². The van der Waals surface area contributed by atoms with E-state index in [2.05, 4.69) is 61.9 Å². The fourth-order valence-corrected chi connectivity index (χ4v) is 9.43. The number of benzene rings is 5. The van der Waals surface area contributed by atoms with E-state index in [-0.39, 0.29) is 30.2 Å². The maximum atomic E-state index is 15.8. The lowest BCUT2D eigenvalue weighted by Gasteiger charge is -2.40. The first kappa shape index (κ1) is 42.4. The van der Waals surface area contributed by atoms with Gasteiger partial charge in [-0.3, -0.25) is 9.69 Å². The zero-order valence-electron chi connectivity index (χ0n) is 35.2. The molecule has 2 aliphatic rings. The second kappa shape index (κ2) is 17.1. The number of ether oxygens (including phenoxy) is 3. The van der Waals surface area contributed by atoms with Crippen molar-refractivity contribution in [1.82, 2.24) is 4.90 Å². The molecular weight excluding hydrogens is 821 g/mol. The number of anilines is 1.